The van der Waals surface area contributed by atoms with Crippen molar-refractivity contribution < 1.29 is 29.3 Å². The molecule has 0 amide bonds. The van der Waals surface area contributed by atoms with E-state index in [9.17, 15) is 0 Å². The van der Waals surface area contributed by atoms with Gasteiger partial charge in [-0.1, -0.05) is 121 Å². The highest BCUT2D eigenvalue weighted by molar-refractivity contribution is 6.09. The molecule has 6 rings (SSSR count). The van der Waals surface area contributed by atoms with Gasteiger partial charge in [-0.05, 0) is 102 Å². The molecule has 9 nitrogen and oxygen atoms in total. The maximum atomic E-state index is 7.70. The summed E-state index contributed by atoms with van der Waals surface area (Å²) in [7, 11) is 0. The molecule has 1 atom stereocenters. The van der Waals surface area contributed by atoms with Gasteiger partial charge < -0.3 is 14.2 Å². The molecule has 6 aromatic carbocycles. The summed E-state index contributed by atoms with van der Waals surface area (Å²) >= 11 is 0. The van der Waals surface area contributed by atoms with Crippen molar-refractivity contribution in [3.8, 4) is 0 Å². The van der Waals surface area contributed by atoms with E-state index in [1.165, 1.54) is 16.7 Å². The van der Waals surface area contributed by atoms with Crippen LogP contribution in [-0.2, 0) is 40.3 Å². The number of hydrogen-bond donors (Lipinski definition) is 4. The van der Waals surface area contributed by atoms with Gasteiger partial charge in [0.1, 0.15) is 0 Å². The number of nitrogens with two attached hydrogens (primary N) is 1. The molecule has 0 aromatic heterocycles. The first-order valence-corrected chi connectivity index (χ1v) is 19.1. The minimum absolute atomic E-state index is 0.0204. The maximum absolute atomic E-state index is 7.70. The standard InChI is InChI=1S/C48H48N4O3.H2N2/c49-51-47(42-12-6-2-7-13-42)44-24-20-37(21-25-44)28-31-53-32-29-46(55-36-41-18-16-39(17-19-41)34-38-10-4-1-5-11-38)30-33-54-35-40-22-26-45(27-23-40)48(52-50)43-14-8-3-9-15-43;1-2/h1-27,46,49-50H,28-36H2;1-2H/q+2;/p+1. The number of benzene rings is 6. The molecule has 0 aliphatic heterocycles. The zero-order valence-electron chi connectivity index (χ0n) is 32.2. The molecule has 5 N–H and O–H groups in total. The number of nitrogens with zero attached hydrogens (tertiary/aromatic N) is 2. The summed E-state index contributed by atoms with van der Waals surface area (Å²) in [6.45, 7) is 2.77. The number of ether oxygens (including phenoxy) is 3. The van der Waals surface area contributed by atoms with Gasteiger partial charge in [0.05, 0.1) is 68.8 Å². The van der Waals surface area contributed by atoms with Crippen LogP contribution in [0.4, 0.5) is 0 Å². The molecule has 1 unspecified atom stereocenters. The summed E-state index contributed by atoms with van der Waals surface area (Å²) in [5.41, 5.74) is 35.3. The maximum Gasteiger partial charge on any atom is 0.379 e. The molecule has 0 fully saturated rings. The van der Waals surface area contributed by atoms with Crippen LogP contribution in [0, 0.1) is 16.6 Å². The highest BCUT2D eigenvalue weighted by Crippen LogP contribution is 2.16. The van der Waals surface area contributed by atoms with Crippen molar-refractivity contribution in [3.63, 3.8) is 0 Å². The van der Waals surface area contributed by atoms with Gasteiger partial charge in [-0.25, -0.2) is 0 Å². The summed E-state index contributed by atoms with van der Waals surface area (Å²) in [5, 5.41) is 0. The first kappa shape index (κ1) is 41.7. The molecule has 0 aliphatic carbocycles. The van der Waals surface area contributed by atoms with Crippen LogP contribution in [0.5, 0.6) is 0 Å². The molecule has 0 spiro atoms. The molecule has 0 aliphatic rings. The largest absolute Gasteiger partial charge is 0.381 e. The van der Waals surface area contributed by atoms with Crippen molar-refractivity contribution >= 4 is 11.4 Å². The molecule has 0 heterocycles. The van der Waals surface area contributed by atoms with Crippen LogP contribution in [0.1, 0.15) is 62.9 Å². The first-order valence-electron chi connectivity index (χ1n) is 19.1. The monoisotopic (exact) mass is 759 g/mol. The van der Waals surface area contributed by atoms with Gasteiger partial charge in [-0.2, -0.15) is 5.53 Å². The molecule has 9 heteroatoms. The summed E-state index contributed by atoms with van der Waals surface area (Å²) < 4.78 is 18.7. The van der Waals surface area contributed by atoms with E-state index in [1.807, 2.05) is 103 Å². The second-order valence-corrected chi connectivity index (χ2v) is 13.5. The third kappa shape index (κ3) is 13.4. The third-order valence-corrected chi connectivity index (χ3v) is 9.50. The van der Waals surface area contributed by atoms with Crippen molar-refractivity contribution in [2.24, 2.45) is 0 Å². The van der Waals surface area contributed by atoms with Gasteiger partial charge in [-0.3, -0.25) is 0 Å². The Morgan fingerprint density at radius 2 is 0.842 bits per heavy atom. The summed E-state index contributed by atoms with van der Waals surface area (Å²) in [5.74, 6) is 0. The highest BCUT2D eigenvalue weighted by atomic mass is 16.5. The van der Waals surface area contributed by atoms with Crippen molar-refractivity contribution in [2.75, 3.05) is 19.8 Å². The molecule has 0 bridgehead atoms. The minimum atomic E-state index is -0.0204. The van der Waals surface area contributed by atoms with Gasteiger partial charge in [0.15, 0.2) is 0 Å². The Kier molecular flexibility index (Phi) is 17.2. The summed E-state index contributed by atoms with van der Waals surface area (Å²) in [6, 6.07) is 55.1. The van der Waals surface area contributed by atoms with E-state index >= 15 is 0 Å². The van der Waals surface area contributed by atoms with Crippen molar-refractivity contribution in [3.05, 3.63) is 214 Å². The fraction of sp³-hybridized carbons (Fsp3) is 0.208. The fourth-order valence-corrected chi connectivity index (χ4v) is 6.39. The van der Waals surface area contributed by atoms with E-state index in [2.05, 4.69) is 75.8 Å². The molecular weight excluding hydrogens is 709 g/mol. The molecule has 0 saturated carbocycles. The van der Waals surface area contributed by atoms with Crippen molar-refractivity contribution in [1.82, 2.24) is 0 Å². The van der Waals surface area contributed by atoms with Crippen molar-refractivity contribution in [1.29, 1.82) is 16.6 Å². The lowest BCUT2D eigenvalue weighted by atomic mass is 10.0. The molecule has 0 radical (unpaired) electrons. The fourth-order valence-electron chi connectivity index (χ4n) is 6.39. The zero-order valence-corrected chi connectivity index (χ0v) is 32.2. The lowest BCUT2D eigenvalue weighted by Crippen LogP contribution is -2.19. The second kappa shape index (κ2) is 23.5. The predicted molar refractivity (Wildman–Crippen MR) is 220 cm³/mol. The van der Waals surface area contributed by atoms with E-state index in [4.69, 9.17) is 30.8 Å². The van der Waals surface area contributed by atoms with E-state index in [0.717, 1.165) is 59.1 Å². The summed E-state index contributed by atoms with van der Waals surface area (Å²) in [4.78, 5) is 7.58. The van der Waals surface area contributed by atoms with Crippen LogP contribution in [-0.4, -0.2) is 46.9 Å². The van der Waals surface area contributed by atoms with Gasteiger partial charge in [0, 0.05) is 13.2 Å². The highest BCUT2D eigenvalue weighted by Gasteiger charge is 2.18. The molecule has 0 saturated heterocycles. The van der Waals surface area contributed by atoms with Crippen molar-refractivity contribution in [2.45, 2.75) is 45.0 Å². The Bertz CT molecular complexity index is 2170. The Hall–Kier alpha value is -6.44. The van der Waals surface area contributed by atoms with Crippen LogP contribution in [0.15, 0.2) is 164 Å². The third-order valence-electron chi connectivity index (χ3n) is 9.50. The molecule has 288 valence electrons. The smallest absolute Gasteiger partial charge is 0.379 e. The van der Waals surface area contributed by atoms with Crippen LogP contribution in [0.2, 0.25) is 0 Å². The number of hydrogen-bond acceptors (Lipinski definition) is 6. The van der Waals surface area contributed by atoms with Gasteiger partial charge >= 0.3 is 11.4 Å². The van der Waals surface area contributed by atoms with E-state index in [1.54, 1.807) is 0 Å². The van der Waals surface area contributed by atoms with Crippen LogP contribution >= 0.6 is 0 Å². The Labute approximate surface area is 335 Å². The Balaban J connectivity index is 0.00000305. The average molecular weight is 760 g/mol. The van der Waals surface area contributed by atoms with Crippen LogP contribution in [0.25, 0.3) is 0 Å². The van der Waals surface area contributed by atoms with E-state index in [-0.39, 0.29) is 6.10 Å². The van der Waals surface area contributed by atoms with Crippen LogP contribution < -0.4 is 5.53 Å². The van der Waals surface area contributed by atoms with Gasteiger partial charge in [0.2, 0.25) is 0 Å². The first-order chi connectivity index (χ1) is 28.2. The number of nitrogens with one attached hydrogen (secondary N) is 3. The minimum Gasteiger partial charge on any atom is -0.381 e. The molecule has 6 aromatic rings. The summed E-state index contributed by atoms with van der Waals surface area (Å²) in [6.07, 6.45) is 3.19. The van der Waals surface area contributed by atoms with Gasteiger partial charge in [-0.15, -0.1) is 0 Å². The van der Waals surface area contributed by atoms with E-state index in [0.29, 0.717) is 44.5 Å². The molecular formula is C48H51N6O3+3. The SMILES string of the molecule is N=[N+]=C(c1ccccc1)c1ccc(CCOCCC(CCOCc2ccc(C(=[N+]=N)c3ccccc3)cc2)OCc2ccc(Cc3ccccc3)cc2)cc1.N=[NH2+]. The topological polar surface area (TPSA) is 153 Å². The van der Waals surface area contributed by atoms with E-state index < -0.39 is 0 Å². The quantitative estimate of drug-likeness (QED) is 0.0268. The normalized spacial score (nSPS) is 11.0. The molecule has 57 heavy (non-hydrogen) atoms. The Morgan fingerprint density at radius 1 is 0.439 bits per heavy atom. The lowest BCUT2D eigenvalue weighted by Gasteiger charge is -2.19. The second-order valence-electron chi connectivity index (χ2n) is 13.5. The van der Waals surface area contributed by atoms with Crippen LogP contribution in [0.3, 0.4) is 0 Å². The average Bonchev–Trinajstić information content (AvgIpc) is 3.27. The Morgan fingerprint density at radius 3 is 1.37 bits per heavy atom. The number of rotatable bonds is 20. The zero-order chi connectivity index (χ0) is 39.9. The van der Waals surface area contributed by atoms with Gasteiger partial charge in [0.25, 0.3) is 0 Å². The lowest BCUT2D eigenvalue weighted by molar-refractivity contribution is -0.249. The predicted octanol–water partition coefficient (Wildman–Crippen LogP) is 8.35.